The molecule has 0 aliphatic carbocycles. The number of aromatic nitrogens is 1. The zero-order valence-electron chi connectivity index (χ0n) is 12.0. The van der Waals surface area contributed by atoms with Crippen molar-refractivity contribution in [3.63, 3.8) is 0 Å². The number of rotatable bonds is 3. The Bertz CT molecular complexity index is 974. The lowest BCUT2D eigenvalue weighted by Crippen LogP contribution is -2.16. The number of carbonyl (C=O) groups is 1. The molecule has 0 aliphatic rings. The SMILES string of the molecule is C=CCn1c(=NC(=O)c2ccccc2F)sc2cc(Br)ccc21. The van der Waals surface area contributed by atoms with Crippen LogP contribution in [0, 0.1) is 5.82 Å². The number of hydrogen-bond donors (Lipinski definition) is 0. The molecule has 6 heteroatoms. The molecule has 0 radical (unpaired) electrons. The van der Waals surface area contributed by atoms with Crippen LogP contribution in [0.1, 0.15) is 10.4 Å². The predicted octanol–water partition coefficient (Wildman–Crippen LogP) is 4.53. The van der Waals surface area contributed by atoms with E-state index in [1.54, 1.807) is 18.2 Å². The van der Waals surface area contributed by atoms with Gasteiger partial charge in [-0.25, -0.2) is 4.39 Å². The molecule has 0 saturated carbocycles. The van der Waals surface area contributed by atoms with Crippen LogP contribution in [0.3, 0.4) is 0 Å². The average molecular weight is 391 g/mol. The number of amides is 1. The maximum atomic E-state index is 13.7. The van der Waals surface area contributed by atoms with Crippen molar-refractivity contribution in [2.45, 2.75) is 6.54 Å². The van der Waals surface area contributed by atoms with Crippen LogP contribution in [0.5, 0.6) is 0 Å². The average Bonchev–Trinajstić information content (AvgIpc) is 2.84. The fourth-order valence-corrected chi connectivity index (χ4v) is 3.81. The highest BCUT2D eigenvalue weighted by molar-refractivity contribution is 9.10. The van der Waals surface area contributed by atoms with E-state index in [-0.39, 0.29) is 5.56 Å². The van der Waals surface area contributed by atoms with E-state index in [0.717, 1.165) is 14.7 Å². The molecule has 0 N–H and O–H groups in total. The zero-order valence-corrected chi connectivity index (χ0v) is 14.4. The molecular formula is C17H12BrFN2OS. The van der Waals surface area contributed by atoms with Crippen LogP contribution in [-0.4, -0.2) is 10.5 Å². The Hall–Kier alpha value is -2.05. The van der Waals surface area contributed by atoms with E-state index in [1.807, 2.05) is 22.8 Å². The molecule has 1 heterocycles. The Kier molecular flexibility index (Phi) is 4.54. The summed E-state index contributed by atoms with van der Waals surface area (Å²) in [6.07, 6.45) is 1.74. The van der Waals surface area contributed by atoms with E-state index in [2.05, 4.69) is 27.5 Å². The third-order valence-electron chi connectivity index (χ3n) is 3.26. The number of halogens is 2. The first-order valence-corrected chi connectivity index (χ1v) is 8.44. The first-order valence-electron chi connectivity index (χ1n) is 6.83. The summed E-state index contributed by atoms with van der Waals surface area (Å²) in [5, 5.41) is 0. The molecule has 3 rings (SSSR count). The van der Waals surface area contributed by atoms with Gasteiger partial charge in [0.2, 0.25) is 0 Å². The van der Waals surface area contributed by atoms with Crippen molar-refractivity contribution in [1.82, 2.24) is 4.57 Å². The molecule has 0 unspecified atom stereocenters. The summed E-state index contributed by atoms with van der Waals surface area (Å²) >= 11 is 4.81. The van der Waals surface area contributed by atoms with Gasteiger partial charge in [0.05, 0.1) is 15.8 Å². The quantitative estimate of drug-likeness (QED) is 0.604. The van der Waals surface area contributed by atoms with Crippen LogP contribution in [0.15, 0.2) is 64.6 Å². The van der Waals surface area contributed by atoms with E-state index in [9.17, 15) is 9.18 Å². The molecule has 116 valence electrons. The van der Waals surface area contributed by atoms with E-state index in [4.69, 9.17) is 0 Å². The molecular weight excluding hydrogens is 379 g/mol. The topological polar surface area (TPSA) is 34.4 Å². The molecule has 0 atom stereocenters. The van der Waals surface area contributed by atoms with Gasteiger partial charge in [-0.15, -0.1) is 6.58 Å². The van der Waals surface area contributed by atoms with Crippen LogP contribution in [0.25, 0.3) is 10.2 Å². The van der Waals surface area contributed by atoms with Crippen LogP contribution >= 0.6 is 27.3 Å². The minimum Gasteiger partial charge on any atom is -0.312 e. The van der Waals surface area contributed by atoms with Crippen molar-refractivity contribution >= 4 is 43.4 Å². The van der Waals surface area contributed by atoms with E-state index in [0.29, 0.717) is 11.3 Å². The van der Waals surface area contributed by atoms with Gasteiger partial charge in [0.25, 0.3) is 5.91 Å². The van der Waals surface area contributed by atoms with Crippen molar-refractivity contribution in [2.75, 3.05) is 0 Å². The molecule has 0 saturated heterocycles. The molecule has 0 fully saturated rings. The van der Waals surface area contributed by atoms with Gasteiger partial charge in [0, 0.05) is 11.0 Å². The van der Waals surface area contributed by atoms with E-state index in [1.165, 1.54) is 23.5 Å². The second kappa shape index (κ2) is 6.60. The predicted molar refractivity (Wildman–Crippen MR) is 94.0 cm³/mol. The molecule has 2 aromatic carbocycles. The number of nitrogens with zero attached hydrogens (tertiary/aromatic N) is 2. The van der Waals surface area contributed by atoms with E-state index < -0.39 is 11.7 Å². The lowest BCUT2D eigenvalue weighted by molar-refractivity contribution is 0.0994. The lowest BCUT2D eigenvalue weighted by atomic mass is 10.2. The zero-order chi connectivity index (χ0) is 16.4. The Balaban J connectivity index is 2.18. The highest BCUT2D eigenvalue weighted by Crippen LogP contribution is 2.22. The molecule has 23 heavy (non-hydrogen) atoms. The number of fused-ring (bicyclic) bond motifs is 1. The summed E-state index contributed by atoms with van der Waals surface area (Å²) in [7, 11) is 0. The summed E-state index contributed by atoms with van der Waals surface area (Å²) in [4.78, 5) is 16.9. The Morgan fingerprint density at radius 1 is 1.35 bits per heavy atom. The second-order valence-electron chi connectivity index (χ2n) is 4.79. The van der Waals surface area contributed by atoms with Crippen LogP contribution in [-0.2, 0) is 6.54 Å². The Morgan fingerprint density at radius 2 is 2.13 bits per heavy atom. The monoisotopic (exact) mass is 390 g/mol. The van der Waals surface area contributed by atoms with Crippen molar-refractivity contribution < 1.29 is 9.18 Å². The first-order chi connectivity index (χ1) is 11.1. The van der Waals surface area contributed by atoms with Gasteiger partial charge in [0.15, 0.2) is 4.80 Å². The van der Waals surface area contributed by atoms with Gasteiger partial charge in [-0.3, -0.25) is 4.79 Å². The fourth-order valence-electron chi connectivity index (χ4n) is 2.22. The minimum atomic E-state index is -0.591. The maximum absolute atomic E-state index is 13.7. The van der Waals surface area contributed by atoms with Gasteiger partial charge < -0.3 is 4.57 Å². The number of carbonyl (C=O) groups excluding carboxylic acids is 1. The van der Waals surface area contributed by atoms with Gasteiger partial charge in [-0.05, 0) is 30.3 Å². The van der Waals surface area contributed by atoms with Gasteiger partial charge in [-0.2, -0.15) is 4.99 Å². The van der Waals surface area contributed by atoms with Crippen molar-refractivity contribution in [1.29, 1.82) is 0 Å². The third-order valence-corrected chi connectivity index (χ3v) is 4.79. The molecule has 1 amide bonds. The van der Waals surface area contributed by atoms with Crippen LogP contribution < -0.4 is 4.80 Å². The molecule has 3 aromatic rings. The number of benzene rings is 2. The summed E-state index contributed by atoms with van der Waals surface area (Å²) in [5.74, 6) is -1.16. The van der Waals surface area contributed by atoms with Gasteiger partial charge in [0.1, 0.15) is 5.82 Å². The highest BCUT2D eigenvalue weighted by atomic mass is 79.9. The fraction of sp³-hybridized carbons (Fsp3) is 0.0588. The summed E-state index contributed by atoms with van der Waals surface area (Å²) in [5.41, 5.74) is 0.925. The van der Waals surface area contributed by atoms with Crippen molar-refractivity contribution in [2.24, 2.45) is 4.99 Å². The number of allylic oxidation sites excluding steroid dienone is 1. The summed E-state index contributed by atoms with van der Waals surface area (Å²) < 4.78 is 17.6. The van der Waals surface area contributed by atoms with E-state index >= 15 is 0 Å². The minimum absolute atomic E-state index is 0.0312. The first kappa shape index (κ1) is 15.8. The van der Waals surface area contributed by atoms with Gasteiger partial charge in [-0.1, -0.05) is 45.5 Å². The molecule has 0 aliphatic heterocycles. The Labute approximate surface area is 144 Å². The Morgan fingerprint density at radius 3 is 2.87 bits per heavy atom. The molecule has 0 bridgehead atoms. The van der Waals surface area contributed by atoms with Gasteiger partial charge >= 0.3 is 0 Å². The highest BCUT2D eigenvalue weighted by Gasteiger charge is 2.12. The van der Waals surface area contributed by atoms with Crippen LogP contribution in [0.2, 0.25) is 0 Å². The summed E-state index contributed by atoms with van der Waals surface area (Å²) in [6.45, 7) is 4.26. The standard InChI is InChI=1S/C17H12BrFN2OS/c1-2-9-21-14-8-7-11(18)10-15(14)23-17(21)20-16(22)12-5-3-4-6-13(12)19/h2-8,10H,1,9H2. The molecule has 0 spiro atoms. The van der Waals surface area contributed by atoms with Crippen LogP contribution in [0.4, 0.5) is 4.39 Å². The smallest absolute Gasteiger partial charge is 0.282 e. The second-order valence-corrected chi connectivity index (χ2v) is 6.72. The largest absolute Gasteiger partial charge is 0.312 e. The van der Waals surface area contributed by atoms with Crippen molar-refractivity contribution in [3.05, 3.63) is 75.8 Å². The molecule has 3 nitrogen and oxygen atoms in total. The van der Waals surface area contributed by atoms with Crippen molar-refractivity contribution in [3.8, 4) is 0 Å². The molecule has 1 aromatic heterocycles. The third kappa shape index (κ3) is 3.18. The lowest BCUT2D eigenvalue weighted by Gasteiger charge is -2.01. The number of thiazole rings is 1. The summed E-state index contributed by atoms with van der Waals surface area (Å²) in [6, 6.07) is 11.7. The normalized spacial score (nSPS) is 11.8. The number of hydrogen-bond acceptors (Lipinski definition) is 2. The maximum Gasteiger partial charge on any atom is 0.282 e.